The van der Waals surface area contributed by atoms with E-state index in [4.69, 9.17) is 4.74 Å². The number of hydrogen-bond donors (Lipinski definition) is 0. The molecular weight excluding hydrogens is 249 g/mol. The molecule has 1 aromatic rings. The Labute approximate surface area is 110 Å². The van der Waals surface area contributed by atoms with Crippen LogP contribution < -0.4 is 4.74 Å². The van der Waals surface area contributed by atoms with Crippen molar-refractivity contribution in [3.63, 3.8) is 0 Å². The molecule has 2 rings (SSSR count). The van der Waals surface area contributed by atoms with E-state index in [9.17, 15) is 9.18 Å². The predicted molar refractivity (Wildman–Crippen MR) is 68.0 cm³/mol. The Morgan fingerprint density at radius 2 is 2.21 bits per heavy atom. The van der Waals surface area contributed by atoms with Crippen LogP contribution in [0.15, 0.2) is 11.2 Å². The third-order valence-corrected chi connectivity index (χ3v) is 3.09. The average molecular weight is 265 g/mol. The molecule has 0 aromatic carbocycles. The molecule has 0 N–H and O–H groups in total. The third-order valence-electron chi connectivity index (χ3n) is 3.09. The molecule has 5 nitrogen and oxygen atoms in total. The zero-order valence-corrected chi connectivity index (χ0v) is 10.8. The lowest BCUT2D eigenvalue weighted by molar-refractivity contribution is -0.140. The van der Waals surface area contributed by atoms with E-state index in [1.807, 2.05) is 0 Å². The smallest absolute Gasteiger partial charge is 0.326 e. The summed E-state index contributed by atoms with van der Waals surface area (Å²) in [5, 5.41) is 0. The minimum atomic E-state index is -0.643. The van der Waals surface area contributed by atoms with Gasteiger partial charge in [-0.25, -0.2) is 14.4 Å². The Balaban J connectivity index is 2.05. The molecule has 0 spiro atoms. The molecule has 0 aliphatic heterocycles. The Morgan fingerprint density at radius 1 is 1.47 bits per heavy atom. The maximum atomic E-state index is 13.3. The predicted octanol–water partition coefficient (Wildman–Crippen LogP) is 2.82. The van der Waals surface area contributed by atoms with Crippen molar-refractivity contribution < 1.29 is 13.9 Å². The standard InChI is InChI=1S/C13H16FN3O2/c1-2-15-11-10(14)8-16-13(17-11)19-12(18)9-6-4-3-5-7-9/h2,8-9H,3-7H2,1H3/b15-2+. The van der Waals surface area contributed by atoms with Gasteiger partial charge in [0.2, 0.25) is 0 Å². The highest BCUT2D eigenvalue weighted by atomic mass is 19.1. The second-order valence-electron chi connectivity index (χ2n) is 4.47. The number of aromatic nitrogens is 2. The minimum absolute atomic E-state index is 0.0967. The summed E-state index contributed by atoms with van der Waals surface area (Å²) in [7, 11) is 0. The first-order valence-electron chi connectivity index (χ1n) is 6.43. The summed E-state index contributed by atoms with van der Waals surface area (Å²) in [6.07, 6.45) is 7.27. The molecular formula is C13H16FN3O2. The van der Waals surface area contributed by atoms with Gasteiger partial charge in [-0.2, -0.15) is 4.98 Å². The Morgan fingerprint density at radius 3 is 2.89 bits per heavy atom. The summed E-state index contributed by atoms with van der Waals surface area (Å²) < 4.78 is 18.4. The molecule has 102 valence electrons. The lowest BCUT2D eigenvalue weighted by atomic mass is 9.89. The quantitative estimate of drug-likeness (QED) is 0.622. The molecule has 0 amide bonds. The van der Waals surface area contributed by atoms with Crippen LogP contribution in [-0.4, -0.2) is 22.2 Å². The van der Waals surface area contributed by atoms with Gasteiger partial charge in [0, 0.05) is 6.21 Å². The third kappa shape index (κ3) is 3.56. The molecule has 0 saturated heterocycles. The van der Waals surface area contributed by atoms with Crippen LogP contribution in [0, 0.1) is 11.7 Å². The van der Waals surface area contributed by atoms with Gasteiger partial charge in [0.05, 0.1) is 12.1 Å². The highest BCUT2D eigenvalue weighted by Gasteiger charge is 2.24. The normalized spacial score (nSPS) is 16.7. The molecule has 1 aliphatic carbocycles. The van der Waals surface area contributed by atoms with E-state index < -0.39 is 5.82 Å². The van der Waals surface area contributed by atoms with E-state index in [2.05, 4.69) is 15.0 Å². The summed E-state index contributed by atoms with van der Waals surface area (Å²) in [4.78, 5) is 23.1. The minimum Gasteiger partial charge on any atom is -0.391 e. The molecule has 1 saturated carbocycles. The Bertz CT molecular complexity index is 485. The van der Waals surface area contributed by atoms with Gasteiger partial charge >= 0.3 is 12.0 Å². The molecule has 1 aromatic heterocycles. The van der Waals surface area contributed by atoms with Crippen molar-refractivity contribution in [1.29, 1.82) is 0 Å². The first-order chi connectivity index (χ1) is 9.20. The number of esters is 1. The molecule has 6 heteroatoms. The van der Waals surface area contributed by atoms with E-state index in [0.29, 0.717) is 0 Å². The van der Waals surface area contributed by atoms with Crippen LogP contribution in [0.3, 0.4) is 0 Å². The fourth-order valence-electron chi connectivity index (χ4n) is 2.12. The van der Waals surface area contributed by atoms with Gasteiger partial charge in [0.15, 0.2) is 11.6 Å². The van der Waals surface area contributed by atoms with Crippen molar-refractivity contribution in [3.8, 4) is 6.01 Å². The molecule has 0 unspecified atom stereocenters. The highest BCUT2D eigenvalue weighted by molar-refractivity contribution is 5.74. The summed E-state index contributed by atoms with van der Waals surface area (Å²) in [6.45, 7) is 1.65. The summed E-state index contributed by atoms with van der Waals surface area (Å²) in [6, 6.07) is -0.141. The molecule has 1 heterocycles. The Kier molecular flexibility index (Phi) is 4.54. The largest absolute Gasteiger partial charge is 0.391 e. The van der Waals surface area contributed by atoms with Gasteiger partial charge in [0.25, 0.3) is 0 Å². The van der Waals surface area contributed by atoms with Crippen molar-refractivity contribution in [2.45, 2.75) is 39.0 Å². The lowest BCUT2D eigenvalue weighted by Gasteiger charge is -2.19. The van der Waals surface area contributed by atoms with Gasteiger partial charge in [-0.3, -0.25) is 4.79 Å². The van der Waals surface area contributed by atoms with Crippen molar-refractivity contribution >= 4 is 18.0 Å². The van der Waals surface area contributed by atoms with Crippen LogP contribution in [0.4, 0.5) is 10.2 Å². The highest BCUT2D eigenvalue weighted by Crippen LogP contribution is 2.25. The number of hydrogen-bond acceptors (Lipinski definition) is 5. The average Bonchev–Trinajstić information content (AvgIpc) is 2.44. The second kappa shape index (κ2) is 6.36. The number of ether oxygens (including phenoxy) is 1. The molecule has 1 fully saturated rings. The first kappa shape index (κ1) is 13.6. The van der Waals surface area contributed by atoms with Crippen LogP contribution in [0.2, 0.25) is 0 Å². The van der Waals surface area contributed by atoms with Gasteiger partial charge < -0.3 is 4.74 Å². The maximum Gasteiger partial charge on any atom is 0.326 e. The van der Waals surface area contributed by atoms with E-state index >= 15 is 0 Å². The molecule has 0 bridgehead atoms. The lowest BCUT2D eigenvalue weighted by Crippen LogP contribution is -2.23. The molecule has 1 aliphatic rings. The van der Waals surface area contributed by atoms with Gasteiger partial charge in [0.1, 0.15) is 0 Å². The van der Waals surface area contributed by atoms with Gasteiger partial charge in [-0.05, 0) is 19.8 Å². The van der Waals surface area contributed by atoms with Crippen LogP contribution in [0.5, 0.6) is 6.01 Å². The zero-order chi connectivity index (χ0) is 13.7. The number of nitrogens with zero attached hydrogens (tertiary/aromatic N) is 3. The van der Waals surface area contributed by atoms with E-state index in [1.54, 1.807) is 6.92 Å². The maximum absolute atomic E-state index is 13.3. The first-order valence-corrected chi connectivity index (χ1v) is 6.43. The van der Waals surface area contributed by atoms with Crippen LogP contribution in [-0.2, 0) is 4.79 Å². The van der Waals surface area contributed by atoms with Crippen molar-refractivity contribution in [2.24, 2.45) is 10.9 Å². The fraction of sp³-hybridized carbons (Fsp3) is 0.538. The Hall–Kier alpha value is -1.85. The molecule has 19 heavy (non-hydrogen) atoms. The van der Waals surface area contributed by atoms with Crippen molar-refractivity contribution in [3.05, 3.63) is 12.0 Å². The topological polar surface area (TPSA) is 64.4 Å². The summed E-state index contributed by atoms with van der Waals surface area (Å²) >= 11 is 0. The van der Waals surface area contributed by atoms with Crippen LogP contribution in [0.1, 0.15) is 39.0 Å². The monoisotopic (exact) mass is 265 g/mol. The van der Waals surface area contributed by atoms with Gasteiger partial charge in [-0.1, -0.05) is 19.3 Å². The SMILES string of the molecule is C/C=N/c1nc(OC(=O)C2CCCCC2)ncc1F. The fourth-order valence-corrected chi connectivity index (χ4v) is 2.12. The molecule has 0 radical (unpaired) electrons. The van der Waals surface area contributed by atoms with E-state index in [-0.39, 0.29) is 23.7 Å². The summed E-state index contributed by atoms with van der Waals surface area (Å²) in [5.74, 6) is -1.20. The van der Waals surface area contributed by atoms with Crippen LogP contribution >= 0.6 is 0 Å². The summed E-state index contributed by atoms with van der Waals surface area (Å²) in [5.41, 5.74) is 0. The number of aliphatic imine (C=N–C) groups is 1. The van der Waals surface area contributed by atoms with Crippen LogP contribution in [0.25, 0.3) is 0 Å². The number of halogens is 1. The number of carbonyl (C=O) groups excluding carboxylic acids is 1. The number of carbonyl (C=O) groups is 1. The second-order valence-corrected chi connectivity index (χ2v) is 4.47. The van der Waals surface area contributed by atoms with Gasteiger partial charge in [-0.15, -0.1) is 0 Å². The number of rotatable bonds is 3. The van der Waals surface area contributed by atoms with E-state index in [1.165, 1.54) is 6.21 Å². The van der Waals surface area contributed by atoms with Crippen molar-refractivity contribution in [2.75, 3.05) is 0 Å². The molecule has 0 atom stereocenters. The van der Waals surface area contributed by atoms with Crippen molar-refractivity contribution in [1.82, 2.24) is 9.97 Å². The zero-order valence-electron chi connectivity index (χ0n) is 10.8. The van der Waals surface area contributed by atoms with E-state index in [0.717, 1.165) is 38.3 Å².